The number of amides is 2. The Labute approximate surface area is 215 Å². The highest BCUT2D eigenvalue weighted by atomic mass is 16.5. The number of carbonyl (C=O) groups excluding carboxylic acids is 2. The molecule has 194 valence electrons. The molecule has 37 heavy (non-hydrogen) atoms. The number of nitrogens with one attached hydrogen (secondary N) is 1. The molecule has 3 aromatic rings. The minimum absolute atomic E-state index is 0.0745. The number of anilines is 1. The van der Waals surface area contributed by atoms with Crippen molar-refractivity contribution in [1.82, 2.24) is 24.5 Å². The van der Waals surface area contributed by atoms with E-state index in [0.29, 0.717) is 36.3 Å². The molecule has 0 aliphatic heterocycles. The molecule has 0 radical (unpaired) electrons. The third kappa shape index (κ3) is 4.89. The zero-order chi connectivity index (χ0) is 26.3. The zero-order valence-corrected chi connectivity index (χ0v) is 21.8. The Kier molecular flexibility index (Phi) is 6.59. The fourth-order valence-electron chi connectivity index (χ4n) is 5.12. The lowest BCUT2D eigenvalue weighted by molar-refractivity contribution is -0.130. The smallest absolute Gasteiger partial charge is 0.275 e. The maximum Gasteiger partial charge on any atom is 0.275 e. The summed E-state index contributed by atoms with van der Waals surface area (Å²) >= 11 is 0. The van der Waals surface area contributed by atoms with Crippen molar-refractivity contribution in [3.63, 3.8) is 0 Å². The summed E-state index contributed by atoms with van der Waals surface area (Å²) in [5.41, 5.74) is 4.06. The van der Waals surface area contributed by atoms with Crippen molar-refractivity contribution in [2.45, 2.75) is 19.6 Å². The number of allylic oxidation sites excluding steroid dienone is 2. The van der Waals surface area contributed by atoms with Gasteiger partial charge in [-0.15, -0.1) is 0 Å². The molecule has 10 heteroatoms. The first kappa shape index (κ1) is 24.8. The number of aryl methyl sites for hydroxylation is 1. The van der Waals surface area contributed by atoms with Crippen LogP contribution in [0.4, 0.5) is 5.82 Å². The summed E-state index contributed by atoms with van der Waals surface area (Å²) in [6.45, 7) is 0.802. The molecule has 0 bridgehead atoms. The first-order chi connectivity index (χ1) is 17.8. The lowest BCUT2D eigenvalue weighted by Crippen LogP contribution is -2.24. The van der Waals surface area contributed by atoms with Crippen LogP contribution in [0.25, 0.3) is 5.57 Å². The van der Waals surface area contributed by atoms with E-state index in [1.165, 1.54) is 0 Å². The quantitative estimate of drug-likeness (QED) is 0.481. The molecule has 0 saturated heterocycles. The lowest BCUT2D eigenvalue weighted by Gasteiger charge is -2.11. The molecule has 2 aromatic heterocycles. The van der Waals surface area contributed by atoms with Gasteiger partial charge in [0, 0.05) is 40.2 Å². The number of hydrogen-bond donors (Lipinski definition) is 1. The molecule has 2 amide bonds. The predicted octanol–water partition coefficient (Wildman–Crippen LogP) is 2.81. The van der Waals surface area contributed by atoms with Gasteiger partial charge in [0.25, 0.3) is 5.91 Å². The first-order valence-electron chi connectivity index (χ1n) is 12.2. The van der Waals surface area contributed by atoms with Crippen LogP contribution in [0.1, 0.15) is 33.9 Å². The topological polar surface area (TPSA) is 104 Å². The monoisotopic (exact) mass is 504 g/mol. The molecule has 10 nitrogen and oxygen atoms in total. The SMILES string of the molecule is COCc1cc(C(=O)Nc2cc(C3=C[C@@H]4[C@H](C3)[C@H]4C(=O)N(C)C)nn2Cc2ccc(OC)cc2)n(C)n1. The van der Waals surface area contributed by atoms with E-state index in [4.69, 9.17) is 14.6 Å². The Hall–Kier alpha value is -3.92. The van der Waals surface area contributed by atoms with E-state index in [2.05, 4.69) is 16.5 Å². The second-order valence-electron chi connectivity index (χ2n) is 9.85. The molecular weight excluding hydrogens is 472 g/mol. The average molecular weight is 505 g/mol. The van der Waals surface area contributed by atoms with Crippen LogP contribution in [0.3, 0.4) is 0 Å². The van der Waals surface area contributed by atoms with Crippen molar-refractivity contribution < 1.29 is 19.1 Å². The van der Waals surface area contributed by atoms with Crippen LogP contribution in [0.5, 0.6) is 5.75 Å². The number of aromatic nitrogens is 4. The summed E-state index contributed by atoms with van der Waals surface area (Å²) in [4.78, 5) is 27.3. The van der Waals surface area contributed by atoms with Crippen LogP contribution < -0.4 is 10.1 Å². The van der Waals surface area contributed by atoms with Gasteiger partial charge in [0.1, 0.15) is 17.3 Å². The third-order valence-corrected chi connectivity index (χ3v) is 7.10. The van der Waals surface area contributed by atoms with Gasteiger partial charge in [0.2, 0.25) is 5.91 Å². The Morgan fingerprint density at radius 3 is 2.51 bits per heavy atom. The van der Waals surface area contributed by atoms with E-state index in [1.54, 1.807) is 55.7 Å². The highest BCUT2D eigenvalue weighted by Crippen LogP contribution is 2.58. The number of methoxy groups -OCH3 is 2. The van der Waals surface area contributed by atoms with Gasteiger partial charge >= 0.3 is 0 Å². The largest absolute Gasteiger partial charge is 0.497 e. The van der Waals surface area contributed by atoms with Crippen molar-refractivity contribution in [1.29, 1.82) is 0 Å². The minimum Gasteiger partial charge on any atom is -0.497 e. The van der Waals surface area contributed by atoms with Gasteiger partial charge in [-0.1, -0.05) is 18.2 Å². The molecular formula is C27H32N6O4. The first-order valence-corrected chi connectivity index (χ1v) is 12.2. The van der Waals surface area contributed by atoms with Gasteiger partial charge in [-0.3, -0.25) is 14.3 Å². The van der Waals surface area contributed by atoms with Crippen LogP contribution >= 0.6 is 0 Å². The van der Waals surface area contributed by atoms with E-state index in [-0.39, 0.29) is 23.7 Å². The molecule has 2 heterocycles. The van der Waals surface area contributed by atoms with Crippen LogP contribution in [-0.4, -0.2) is 64.6 Å². The van der Waals surface area contributed by atoms with Crippen molar-refractivity contribution in [3.8, 4) is 5.75 Å². The summed E-state index contributed by atoms with van der Waals surface area (Å²) in [6, 6.07) is 11.4. The molecule has 0 unspecified atom stereocenters. The Bertz CT molecular complexity index is 1350. The number of benzene rings is 1. The average Bonchev–Trinajstić information content (AvgIpc) is 3.21. The van der Waals surface area contributed by atoms with E-state index >= 15 is 0 Å². The van der Waals surface area contributed by atoms with E-state index in [9.17, 15) is 9.59 Å². The highest BCUT2D eigenvalue weighted by molar-refractivity contribution is 6.03. The van der Waals surface area contributed by atoms with E-state index in [0.717, 1.165) is 29.0 Å². The maximum atomic E-state index is 13.2. The molecule has 1 fully saturated rings. The number of nitrogens with zero attached hydrogens (tertiary/aromatic N) is 5. The standard InChI is InChI=1S/C27H32N6O4/c1-31(2)27(35)25-20-10-17(11-21(20)25)22-13-24(28-26(34)23-12-18(15-36-4)29-32(23)3)33(30-22)14-16-6-8-19(37-5)9-7-16/h6-10,12-13,20-21,25H,11,14-15H2,1-5H3,(H,28,34)/t20-,21+,25+/m1/s1. The Morgan fingerprint density at radius 1 is 1.14 bits per heavy atom. The summed E-state index contributed by atoms with van der Waals surface area (Å²) in [5, 5.41) is 12.2. The Morgan fingerprint density at radius 2 is 1.89 bits per heavy atom. The summed E-state index contributed by atoms with van der Waals surface area (Å²) in [5.74, 6) is 1.95. The van der Waals surface area contributed by atoms with Crippen LogP contribution in [0, 0.1) is 17.8 Å². The normalized spacial score (nSPS) is 19.8. The minimum atomic E-state index is -0.278. The van der Waals surface area contributed by atoms with Gasteiger partial charge in [0.15, 0.2) is 0 Å². The lowest BCUT2D eigenvalue weighted by atomic mass is 10.1. The van der Waals surface area contributed by atoms with Crippen molar-refractivity contribution >= 4 is 23.2 Å². The van der Waals surface area contributed by atoms with Crippen molar-refractivity contribution in [2.75, 3.05) is 33.6 Å². The number of ether oxygens (including phenoxy) is 2. The predicted molar refractivity (Wildman–Crippen MR) is 138 cm³/mol. The summed E-state index contributed by atoms with van der Waals surface area (Å²) in [6.07, 6.45) is 2.99. The number of hydrogen-bond acceptors (Lipinski definition) is 6. The number of rotatable bonds is 9. The molecule has 1 aromatic carbocycles. The van der Waals surface area contributed by atoms with Crippen molar-refractivity contribution in [2.24, 2.45) is 24.8 Å². The molecule has 1 saturated carbocycles. The molecule has 3 atom stereocenters. The highest BCUT2D eigenvalue weighted by Gasteiger charge is 2.57. The molecule has 0 spiro atoms. The van der Waals surface area contributed by atoms with Crippen LogP contribution in [0.15, 0.2) is 42.5 Å². The van der Waals surface area contributed by atoms with Gasteiger partial charge in [-0.25, -0.2) is 4.68 Å². The zero-order valence-electron chi connectivity index (χ0n) is 21.8. The number of carbonyl (C=O) groups is 2. The fourth-order valence-corrected chi connectivity index (χ4v) is 5.12. The Balaban J connectivity index is 1.40. The van der Waals surface area contributed by atoms with E-state index in [1.807, 2.05) is 30.3 Å². The van der Waals surface area contributed by atoms with Gasteiger partial charge in [-0.2, -0.15) is 10.2 Å². The van der Waals surface area contributed by atoms with Gasteiger partial charge in [-0.05, 0) is 47.6 Å². The number of fused-ring (bicyclic) bond motifs is 1. The molecule has 2 aliphatic carbocycles. The summed E-state index contributed by atoms with van der Waals surface area (Å²) < 4.78 is 13.8. The fraction of sp³-hybridized carbons (Fsp3) is 0.407. The molecule has 2 aliphatic rings. The third-order valence-electron chi connectivity index (χ3n) is 7.10. The van der Waals surface area contributed by atoms with Gasteiger partial charge < -0.3 is 19.7 Å². The van der Waals surface area contributed by atoms with Crippen LogP contribution in [0.2, 0.25) is 0 Å². The summed E-state index contributed by atoms with van der Waals surface area (Å²) in [7, 11) is 8.56. The van der Waals surface area contributed by atoms with Crippen molar-refractivity contribution in [3.05, 3.63) is 65.1 Å². The second kappa shape index (κ2) is 9.85. The second-order valence-corrected chi connectivity index (χ2v) is 9.85. The van der Waals surface area contributed by atoms with E-state index < -0.39 is 0 Å². The van der Waals surface area contributed by atoms with Gasteiger partial charge in [0.05, 0.1) is 31.6 Å². The molecule has 1 N–H and O–H groups in total. The maximum absolute atomic E-state index is 13.2. The van der Waals surface area contributed by atoms with Crippen LogP contribution in [-0.2, 0) is 29.7 Å². The molecule has 5 rings (SSSR count).